The normalized spacial score (nSPS) is 12.2. The number of hydrogen-bond acceptors (Lipinski definition) is 2. The van der Waals surface area contributed by atoms with Crippen LogP contribution in [-0.2, 0) is 0 Å². The standard InChI is InChI=1S/C38H23N5/c1-3-9-24(10-4-1)42-31-14-8-7-13-26(31)35-32(42)17-18-33-36(35)27-15-16-28-34(37(27)43(33)25-11-5-2-6-12-25)29-23-39-20-19-30(29)41-22-21-40-38(28)41/h1-23H. The van der Waals surface area contributed by atoms with E-state index in [1.807, 2.05) is 24.8 Å². The minimum absolute atomic E-state index is 0.950. The molecule has 0 bridgehead atoms. The summed E-state index contributed by atoms with van der Waals surface area (Å²) in [4.78, 5) is 9.42. The van der Waals surface area contributed by atoms with Crippen LogP contribution in [0, 0.1) is 0 Å². The SMILES string of the molecule is c1ccc(-n2c3ccccc3c3c4c5ccc6c(c7cnccc7n7ccnc67)c5n(-c5ccccc5)c4ccc32)cc1. The van der Waals surface area contributed by atoms with Gasteiger partial charge in [-0.15, -0.1) is 0 Å². The molecule has 0 unspecified atom stereocenters. The first-order valence-corrected chi connectivity index (χ1v) is 14.5. The molecule has 5 aromatic heterocycles. The molecule has 10 rings (SSSR count). The zero-order valence-corrected chi connectivity index (χ0v) is 23.0. The third-order valence-electron chi connectivity index (χ3n) is 8.97. The van der Waals surface area contributed by atoms with Crippen LogP contribution in [-0.4, -0.2) is 23.5 Å². The van der Waals surface area contributed by atoms with E-state index in [1.54, 1.807) is 0 Å². The third-order valence-corrected chi connectivity index (χ3v) is 8.97. The van der Waals surface area contributed by atoms with Crippen molar-refractivity contribution in [3.05, 3.63) is 140 Å². The smallest absolute Gasteiger partial charge is 0.145 e. The van der Waals surface area contributed by atoms with Crippen molar-refractivity contribution in [3.63, 3.8) is 0 Å². The van der Waals surface area contributed by atoms with Crippen LogP contribution in [0.15, 0.2) is 140 Å². The number of pyridine rings is 2. The van der Waals surface area contributed by atoms with Crippen molar-refractivity contribution in [3.8, 4) is 11.4 Å². The van der Waals surface area contributed by atoms with Gasteiger partial charge in [-0.3, -0.25) is 9.38 Å². The van der Waals surface area contributed by atoms with Crippen LogP contribution < -0.4 is 0 Å². The van der Waals surface area contributed by atoms with E-state index in [2.05, 4.69) is 134 Å². The quantitative estimate of drug-likeness (QED) is 0.202. The van der Waals surface area contributed by atoms with E-state index in [9.17, 15) is 0 Å². The lowest BCUT2D eigenvalue weighted by molar-refractivity contribution is 1.17. The molecule has 0 amide bonds. The second kappa shape index (κ2) is 8.30. The van der Waals surface area contributed by atoms with Gasteiger partial charge in [-0.1, -0.05) is 60.7 Å². The molecular weight excluding hydrogens is 526 g/mol. The summed E-state index contributed by atoms with van der Waals surface area (Å²) in [5, 5.41) is 8.37. The van der Waals surface area contributed by atoms with Gasteiger partial charge in [-0.2, -0.15) is 0 Å². The van der Waals surface area contributed by atoms with E-state index in [4.69, 9.17) is 4.98 Å². The van der Waals surface area contributed by atoms with Gasteiger partial charge in [0.1, 0.15) is 5.65 Å². The molecule has 0 atom stereocenters. The van der Waals surface area contributed by atoms with Gasteiger partial charge in [-0.25, -0.2) is 4.98 Å². The Hall–Kier alpha value is -5.94. The van der Waals surface area contributed by atoms with Gasteiger partial charge >= 0.3 is 0 Å². The van der Waals surface area contributed by atoms with Gasteiger partial charge in [0.05, 0.1) is 27.6 Å². The molecule has 10 aromatic rings. The summed E-state index contributed by atoms with van der Waals surface area (Å²) in [6.45, 7) is 0. The molecule has 0 radical (unpaired) electrons. The minimum atomic E-state index is 0.950. The number of aromatic nitrogens is 5. The molecule has 5 nitrogen and oxygen atoms in total. The van der Waals surface area contributed by atoms with Gasteiger partial charge in [-0.05, 0) is 54.6 Å². The summed E-state index contributed by atoms with van der Waals surface area (Å²) < 4.78 is 7.00. The fraction of sp³-hybridized carbons (Fsp3) is 0. The molecule has 0 spiro atoms. The van der Waals surface area contributed by atoms with Gasteiger partial charge in [0, 0.05) is 73.9 Å². The maximum absolute atomic E-state index is 4.82. The van der Waals surface area contributed by atoms with Crippen LogP contribution in [0.25, 0.3) is 82.3 Å². The van der Waals surface area contributed by atoms with Crippen LogP contribution >= 0.6 is 0 Å². The highest BCUT2D eigenvalue weighted by Crippen LogP contribution is 2.45. The first-order valence-electron chi connectivity index (χ1n) is 14.5. The Morgan fingerprint density at radius 2 is 1.12 bits per heavy atom. The molecule has 0 fully saturated rings. The highest BCUT2D eigenvalue weighted by atomic mass is 15.0. The van der Waals surface area contributed by atoms with Gasteiger partial charge in [0.15, 0.2) is 0 Å². The number of nitrogens with zero attached hydrogens (tertiary/aromatic N) is 5. The van der Waals surface area contributed by atoms with Gasteiger partial charge in [0.25, 0.3) is 0 Å². The molecule has 5 heteroatoms. The van der Waals surface area contributed by atoms with E-state index in [1.165, 1.54) is 49.0 Å². The predicted octanol–water partition coefficient (Wildman–Crippen LogP) is 9.23. The van der Waals surface area contributed by atoms with Crippen LogP contribution in [0.1, 0.15) is 0 Å². The Morgan fingerprint density at radius 1 is 0.442 bits per heavy atom. The number of para-hydroxylation sites is 3. The van der Waals surface area contributed by atoms with Crippen molar-refractivity contribution in [1.29, 1.82) is 0 Å². The van der Waals surface area contributed by atoms with E-state index in [-0.39, 0.29) is 0 Å². The van der Waals surface area contributed by atoms with Crippen molar-refractivity contribution >= 4 is 70.9 Å². The third kappa shape index (κ3) is 2.90. The first kappa shape index (κ1) is 22.7. The van der Waals surface area contributed by atoms with Crippen molar-refractivity contribution in [1.82, 2.24) is 23.5 Å². The molecule has 0 aliphatic rings. The number of hydrogen-bond donors (Lipinski definition) is 0. The molecule has 0 aliphatic heterocycles. The topological polar surface area (TPSA) is 40.1 Å². The average Bonchev–Trinajstić information content (AvgIpc) is 3.78. The van der Waals surface area contributed by atoms with Crippen molar-refractivity contribution in [2.24, 2.45) is 0 Å². The van der Waals surface area contributed by atoms with Gasteiger partial charge < -0.3 is 9.13 Å². The maximum atomic E-state index is 4.82. The number of rotatable bonds is 2. The second-order valence-electron chi connectivity index (χ2n) is 11.1. The largest absolute Gasteiger partial charge is 0.309 e. The predicted molar refractivity (Wildman–Crippen MR) is 177 cm³/mol. The summed E-state index contributed by atoms with van der Waals surface area (Å²) in [5.74, 6) is 0. The van der Waals surface area contributed by atoms with Crippen molar-refractivity contribution < 1.29 is 0 Å². The van der Waals surface area contributed by atoms with E-state index in [0.29, 0.717) is 0 Å². The molecular formula is C38H23N5. The molecule has 0 N–H and O–H groups in total. The van der Waals surface area contributed by atoms with E-state index < -0.39 is 0 Å². The summed E-state index contributed by atoms with van der Waals surface area (Å²) in [5.41, 5.74) is 9.08. The monoisotopic (exact) mass is 549 g/mol. The van der Waals surface area contributed by atoms with Gasteiger partial charge in [0.2, 0.25) is 0 Å². The summed E-state index contributed by atoms with van der Waals surface area (Å²) in [6.07, 6.45) is 7.78. The minimum Gasteiger partial charge on any atom is -0.309 e. The molecule has 0 aliphatic carbocycles. The lowest BCUT2D eigenvalue weighted by Crippen LogP contribution is -1.97. The van der Waals surface area contributed by atoms with Crippen LogP contribution in [0.5, 0.6) is 0 Å². The van der Waals surface area contributed by atoms with Crippen molar-refractivity contribution in [2.75, 3.05) is 0 Å². The Morgan fingerprint density at radius 3 is 1.93 bits per heavy atom. The lowest BCUT2D eigenvalue weighted by atomic mass is 10.0. The molecule has 5 heterocycles. The zero-order valence-electron chi connectivity index (χ0n) is 23.0. The van der Waals surface area contributed by atoms with Crippen LogP contribution in [0.2, 0.25) is 0 Å². The summed E-state index contributed by atoms with van der Waals surface area (Å²) in [6, 6.07) is 41.4. The highest BCUT2D eigenvalue weighted by Gasteiger charge is 2.23. The molecule has 0 saturated heterocycles. The molecule has 43 heavy (non-hydrogen) atoms. The summed E-state index contributed by atoms with van der Waals surface area (Å²) in [7, 11) is 0. The molecule has 0 saturated carbocycles. The van der Waals surface area contributed by atoms with Crippen LogP contribution in [0.3, 0.4) is 0 Å². The average molecular weight is 550 g/mol. The summed E-state index contributed by atoms with van der Waals surface area (Å²) >= 11 is 0. The Balaban J connectivity index is 1.52. The maximum Gasteiger partial charge on any atom is 0.145 e. The second-order valence-corrected chi connectivity index (χ2v) is 11.1. The zero-order chi connectivity index (χ0) is 28.1. The first-order chi connectivity index (χ1) is 21.4. The lowest BCUT2D eigenvalue weighted by Gasteiger charge is -2.13. The molecule has 200 valence electrons. The van der Waals surface area contributed by atoms with E-state index >= 15 is 0 Å². The Labute approximate surface area is 245 Å². The van der Waals surface area contributed by atoms with Crippen LogP contribution in [0.4, 0.5) is 0 Å². The fourth-order valence-corrected chi connectivity index (χ4v) is 7.30. The van der Waals surface area contributed by atoms with E-state index in [0.717, 1.165) is 33.3 Å². The number of imidazole rings is 1. The fourth-order valence-electron chi connectivity index (χ4n) is 7.30. The Kier molecular flexibility index (Phi) is 4.39. The Bertz CT molecular complexity index is 2710. The number of fused-ring (bicyclic) bond motifs is 14. The highest BCUT2D eigenvalue weighted by molar-refractivity contribution is 6.34. The number of benzene rings is 5. The van der Waals surface area contributed by atoms with Crippen molar-refractivity contribution in [2.45, 2.75) is 0 Å². The molecule has 5 aromatic carbocycles.